The van der Waals surface area contributed by atoms with E-state index in [1.807, 2.05) is 0 Å². The predicted octanol–water partition coefficient (Wildman–Crippen LogP) is 0.965. The van der Waals surface area contributed by atoms with Crippen molar-refractivity contribution in [1.82, 2.24) is 15.2 Å². The van der Waals surface area contributed by atoms with Crippen molar-refractivity contribution in [3.05, 3.63) is 30.1 Å². The summed E-state index contributed by atoms with van der Waals surface area (Å²) >= 11 is 1.01. The molecule has 0 aliphatic heterocycles. The van der Waals surface area contributed by atoms with E-state index in [2.05, 4.69) is 20.5 Å². The van der Waals surface area contributed by atoms with Crippen LogP contribution in [0.1, 0.15) is 5.56 Å². The topological polar surface area (TPSA) is 94.1 Å². The van der Waals surface area contributed by atoms with E-state index >= 15 is 0 Å². The van der Waals surface area contributed by atoms with E-state index in [0.29, 0.717) is 23.8 Å². The highest BCUT2D eigenvalue weighted by Crippen LogP contribution is 2.23. The quantitative estimate of drug-likeness (QED) is 0.761. The number of aromatic nitrogens is 3. The highest BCUT2D eigenvalue weighted by molar-refractivity contribution is 7.92. The first-order valence-corrected chi connectivity index (χ1v) is 8.26. The number of hydrogen-bond donors (Lipinski definition) is 1. The molecular weight excluding hydrogens is 300 g/mol. The minimum Gasteiger partial charge on any atom is -0.383 e. The number of nitrogens with one attached hydrogen (secondary N) is 1. The summed E-state index contributed by atoms with van der Waals surface area (Å²) in [6.45, 7) is 1.06. The second-order valence-corrected chi connectivity index (χ2v) is 7.05. The van der Waals surface area contributed by atoms with Gasteiger partial charge in [0.1, 0.15) is 0 Å². The monoisotopic (exact) mass is 314 g/mol. The van der Waals surface area contributed by atoms with Crippen LogP contribution < -0.4 is 5.32 Å². The number of methoxy groups -OCH3 is 1. The lowest BCUT2D eigenvalue weighted by Crippen LogP contribution is -2.06. The Morgan fingerprint density at radius 2 is 2.25 bits per heavy atom. The number of ether oxygens (including phenoxy) is 1. The van der Waals surface area contributed by atoms with Gasteiger partial charge >= 0.3 is 0 Å². The third-order valence-electron chi connectivity index (χ3n) is 2.33. The third kappa shape index (κ3) is 3.95. The molecule has 9 heteroatoms. The number of nitrogens with zero attached hydrogens (tertiary/aromatic N) is 3. The van der Waals surface area contributed by atoms with Gasteiger partial charge in [-0.25, -0.2) is 8.42 Å². The molecule has 2 heterocycles. The van der Waals surface area contributed by atoms with E-state index < -0.39 is 9.84 Å². The lowest BCUT2D eigenvalue weighted by atomic mass is 10.3. The second-order valence-electron chi connectivity index (χ2n) is 3.91. The minimum atomic E-state index is -3.49. The Labute approximate surface area is 121 Å². The lowest BCUT2D eigenvalue weighted by Gasteiger charge is -2.00. The SMILES string of the molecule is COCCNc1nnc(S(=O)(=O)Cc2cccnc2)s1. The molecule has 2 aromatic heterocycles. The highest BCUT2D eigenvalue weighted by atomic mass is 32.2. The maximum absolute atomic E-state index is 12.2. The summed E-state index contributed by atoms with van der Waals surface area (Å²) in [5.41, 5.74) is 0.622. The fraction of sp³-hybridized carbons (Fsp3) is 0.364. The average Bonchev–Trinajstić information content (AvgIpc) is 2.89. The van der Waals surface area contributed by atoms with Crippen LogP contribution in [0.25, 0.3) is 0 Å². The number of rotatable bonds is 7. The van der Waals surface area contributed by atoms with E-state index in [0.717, 1.165) is 11.3 Å². The van der Waals surface area contributed by atoms with Crippen LogP contribution >= 0.6 is 11.3 Å². The molecule has 0 aliphatic rings. The third-order valence-corrected chi connectivity index (χ3v) is 5.35. The van der Waals surface area contributed by atoms with Crippen LogP contribution in [0.4, 0.5) is 5.13 Å². The predicted molar refractivity (Wildman–Crippen MR) is 75.4 cm³/mol. The summed E-state index contributed by atoms with van der Waals surface area (Å²) in [5, 5.41) is 10.9. The molecule has 108 valence electrons. The van der Waals surface area contributed by atoms with Gasteiger partial charge in [-0.05, 0) is 11.6 Å². The Morgan fingerprint density at radius 1 is 1.40 bits per heavy atom. The summed E-state index contributed by atoms with van der Waals surface area (Å²) in [6.07, 6.45) is 3.12. The van der Waals surface area contributed by atoms with Crippen LogP contribution in [0.5, 0.6) is 0 Å². The van der Waals surface area contributed by atoms with Crippen LogP contribution in [-0.4, -0.2) is 43.9 Å². The summed E-state index contributed by atoms with van der Waals surface area (Å²) in [7, 11) is -1.90. The second kappa shape index (κ2) is 6.73. The van der Waals surface area contributed by atoms with Crippen molar-refractivity contribution in [2.75, 3.05) is 25.6 Å². The summed E-state index contributed by atoms with van der Waals surface area (Å²) < 4.78 is 29.2. The van der Waals surface area contributed by atoms with Gasteiger partial charge in [0.15, 0.2) is 0 Å². The summed E-state index contributed by atoms with van der Waals surface area (Å²) in [6, 6.07) is 3.41. The van der Waals surface area contributed by atoms with Gasteiger partial charge in [-0.2, -0.15) is 0 Å². The van der Waals surface area contributed by atoms with Gasteiger partial charge in [0.2, 0.25) is 19.3 Å². The van der Waals surface area contributed by atoms with E-state index in [-0.39, 0.29) is 10.1 Å². The average molecular weight is 314 g/mol. The van der Waals surface area contributed by atoms with Crippen molar-refractivity contribution >= 4 is 26.3 Å². The van der Waals surface area contributed by atoms with E-state index in [1.54, 1.807) is 25.4 Å². The van der Waals surface area contributed by atoms with Crippen LogP contribution in [0.2, 0.25) is 0 Å². The van der Waals surface area contributed by atoms with E-state index in [9.17, 15) is 8.42 Å². The zero-order valence-electron chi connectivity index (χ0n) is 10.8. The first-order valence-electron chi connectivity index (χ1n) is 5.80. The Kier molecular flexibility index (Phi) is 4.99. The fourth-order valence-corrected chi connectivity index (χ4v) is 3.75. The molecule has 0 aromatic carbocycles. The Balaban J connectivity index is 2.06. The van der Waals surface area contributed by atoms with Crippen LogP contribution in [0.3, 0.4) is 0 Å². The molecule has 0 radical (unpaired) electrons. The van der Waals surface area contributed by atoms with Crippen LogP contribution in [0.15, 0.2) is 28.9 Å². The molecular formula is C11H14N4O3S2. The van der Waals surface area contributed by atoms with Gasteiger partial charge in [-0.1, -0.05) is 17.4 Å². The van der Waals surface area contributed by atoms with E-state index in [1.165, 1.54) is 6.20 Å². The number of sulfone groups is 1. The minimum absolute atomic E-state index is 0.00118. The lowest BCUT2D eigenvalue weighted by molar-refractivity contribution is 0.211. The summed E-state index contributed by atoms with van der Waals surface area (Å²) in [4.78, 5) is 3.89. The van der Waals surface area contributed by atoms with Crippen molar-refractivity contribution in [3.8, 4) is 0 Å². The fourth-order valence-electron chi connectivity index (χ4n) is 1.43. The Morgan fingerprint density at radius 3 is 2.95 bits per heavy atom. The van der Waals surface area contributed by atoms with Crippen molar-refractivity contribution in [1.29, 1.82) is 0 Å². The van der Waals surface area contributed by atoms with Gasteiger partial charge in [0.25, 0.3) is 0 Å². The normalized spacial score (nSPS) is 11.4. The molecule has 0 unspecified atom stereocenters. The van der Waals surface area contributed by atoms with Gasteiger partial charge < -0.3 is 10.1 Å². The molecule has 0 fully saturated rings. The molecule has 0 saturated carbocycles. The molecule has 0 aliphatic carbocycles. The zero-order valence-corrected chi connectivity index (χ0v) is 12.4. The first-order chi connectivity index (χ1) is 9.62. The number of pyridine rings is 1. The standard InChI is InChI=1S/C11H14N4O3S2/c1-18-6-5-13-10-14-15-11(19-10)20(16,17)8-9-3-2-4-12-7-9/h2-4,7H,5-6,8H2,1H3,(H,13,14). The first kappa shape index (κ1) is 14.8. The van der Waals surface area contributed by atoms with Crippen molar-refractivity contribution in [3.63, 3.8) is 0 Å². The van der Waals surface area contributed by atoms with Crippen molar-refractivity contribution < 1.29 is 13.2 Å². The van der Waals surface area contributed by atoms with Crippen LogP contribution in [-0.2, 0) is 20.3 Å². The van der Waals surface area contributed by atoms with Gasteiger partial charge in [0.05, 0.1) is 12.4 Å². The molecule has 20 heavy (non-hydrogen) atoms. The Hall–Kier alpha value is -1.58. The number of hydrogen-bond acceptors (Lipinski definition) is 8. The molecule has 1 N–H and O–H groups in total. The molecule has 0 spiro atoms. The maximum atomic E-state index is 12.2. The molecule has 0 atom stereocenters. The largest absolute Gasteiger partial charge is 0.383 e. The van der Waals surface area contributed by atoms with Gasteiger partial charge in [-0.15, -0.1) is 10.2 Å². The smallest absolute Gasteiger partial charge is 0.234 e. The van der Waals surface area contributed by atoms with Gasteiger partial charge in [-0.3, -0.25) is 4.98 Å². The summed E-state index contributed by atoms with van der Waals surface area (Å²) in [5.74, 6) is -0.131. The molecule has 0 amide bonds. The molecule has 2 aromatic rings. The molecule has 0 saturated heterocycles. The Bertz CT molecular complexity index is 643. The van der Waals surface area contributed by atoms with Crippen molar-refractivity contribution in [2.45, 2.75) is 10.1 Å². The highest BCUT2D eigenvalue weighted by Gasteiger charge is 2.21. The van der Waals surface area contributed by atoms with Crippen LogP contribution in [0, 0.1) is 0 Å². The van der Waals surface area contributed by atoms with E-state index in [4.69, 9.17) is 4.74 Å². The zero-order chi connectivity index (χ0) is 14.4. The van der Waals surface area contributed by atoms with Crippen molar-refractivity contribution in [2.24, 2.45) is 0 Å². The maximum Gasteiger partial charge on any atom is 0.234 e. The number of anilines is 1. The molecule has 7 nitrogen and oxygen atoms in total. The molecule has 0 bridgehead atoms. The van der Waals surface area contributed by atoms with Gasteiger partial charge in [0, 0.05) is 26.0 Å². The molecule has 2 rings (SSSR count).